The van der Waals surface area contributed by atoms with E-state index in [9.17, 15) is 14.7 Å². The van der Waals surface area contributed by atoms with Crippen molar-refractivity contribution in [1.29, 1.82) is 0 Å². The average Bonchev–Trinajstić information content (AvgIpc) is 2.58. The van der Waals surface area contributed by atoms with Crippen LogP contribution in [0.15, 0.2) is 18.2 Å². The topological polar surface area (TPSA) is 69.6 Å². The molecule has 2 atom stereocenters. The number of aliphatic hydroxyl groups excluding tert-OH is 1. The third-order valence-corrected chi connectivity index (χ3v) is 3.15. The second-order valence-corrected chi connectivity index (χ2v) is 4.78. The Morgan fingerprint density at radius 3 is 2.61 bits per heavy atom. The smallest absolute Gasteiger partial charge is 0.329 e. The van der Waals surface area contributed by atoms with Crippen molar-refractivity contribution in [2.45, 2.75) is 19.1 Å². The molecule has 0 aromatic heterocycles. The number of halogens is 2. The number of imide groups is 1. The number of nitrogens with zero attached hydrogens (tertiary/aromatic N) is 1. The van der Waals surface area contributed by atoms with Gasteiger partial charge in [-0.2, -0.15) is 0 Å². The molecule has 1 saturated heterocycles. The zero-order valence-electron chi connectivity index (χ0n) is 9.35. The highest BCUT2D eigenvalue weighted by Gasteiger charge is 2.42. The molecular weight excluding hydrogens is 279 g/mol. The molecule has 1 aromatic rings. The number of aliphatic hydroxyl groups is 1. The maximum Gasteiger partial charge on any atom is 0.329 e. The molecule has 1 fully saturated rings. The van der Waals surface area contributed by atoms with Gasteiger partial charge in [0.2, 0.25) is 0 Å². The molecule has 3 amide bonds. The van der Waals surface area contributed by atoms with E-state index in [0.717, 1.165) is 4.90 Å². The number of benzene rings is 1. The van der Waals surface area contributed by atoms with Crippen LogP contribution in [-0.2, 0) is 4.79 Å². The Bertz CT molecular complexity index is 519. The number of hydrogen-bond donors (Lipinski definition) is 2. The first-order chi connectivity index (χ1) is 8.41. The molecule has 0 bridgehead atoms. The van der Waals surface area contributed by atoms with Crippen LogP contribution < -0.4 is 10.2 Å². The summed E-state index contributed by atoms with van der Waals surface area (Å²) in [6.45, 7) is 1.42. The van der Waals surface area contributed by atoms with Gasteiger partial charge >= 0.3 is 6.03 Å². The van der Waals surface area contributed by atoms with Gasteiger partial charge in [-0.05, 0) is 25.1 Å². The van der Waals surface area contributed by atoms with Crippen molar-refractivity contribution in [3.8, 4) is 0 Å². The van der Waals surface area contributed by atoms with E-state index in [0.29, 0.717) is 5.02 Å². The van der Waals surface area contributed by atoms with E-state index in [1.165, 1.54) is 19.1 Å². The van der Waals surface area contributed by atoms with Gasteiger partial charge in [0.1, 0.15) is 6.04 Å². The molecule has 1 aliphatic rings. The number of nitrogens with one attached hydrogen (secondary N) is 1. The van der Waals surface area contributed by atoms with Crippen LogP contribution in [-0.4, -0.2) is 29.2 Å². The van der Waals surface area contributed by atoms with E-state index in [-0.39, 0.29) is 10.7 Å². The lowest BCUT2D eigenvalue weighted by molar-refractivity contribution is -0.120. The van der Waals surface area contributed by atoms with Crippen molar-refractivity contribution in [2.24, 2.45) is 0 Å². The molecule has 0 saturated carbocycles. The van der Waals surface area contributed by atoms with E-state index in [1.54, 1.807) is 6.07 Å². The maximum absolute atomic E-state index is 12.0. The van der Waals surface area contributed by atoms with Crippen LogP contribution in [0.25, 0.3) is 0 Å². The lowest BCUT2D eigenvalue weighted by Gasteiger charge is -2.15. The minimum absolute atomic E-state index is 0.204. The average molecular weight is 289 g/mol. The molecule has 1 heterocycles. The molecule has 7 heteroatoms. The third kappa shape index (κ3) is 2.16. The SMILES string of the molecule is CC(O)C1NC(=O)N(c2cc(Cl)ccc2Cl)C1=O. The maximum atomic E-state index is 12.0. The fourth-order valence-corrected chi connectivity index (χ4v) is 2.08. The summed E-state index contributed by atoms with van der Waals surface area (Å²) >= 11 is 11.8. The predicted molar refractivity (Wildman–Crippen MR) is 67.9 cm³/mol. The molecule has 5 nitrogen and oxygen atoms in total. The molecule has 18 heavy (non-hydrogen) atoms. The molecule has 2 rings (SSSR count). The highest BCUT2D eigenvalue weighted by molar-refractivity contribution is 6.37. The Labute approximate surface area is 113 Å². The largest absolute Gasteiger partial charge is 0.391 e. The number of carbonyl (C=O) groups excluding carboxylic acids is 2. The monoisotopic (exact) mass is 288 g/mol. The molecule has 0 radical (unpaired) electrons. The van der Waals surface area contributed by atoms with Gasteiger partial charge in [-0.1, -0.05) is 23.2 Å². The third-order valence-electron chi connectivity index (χ3n) is 2.60. The Morgan fingerprint density at radius 1 is 1.39 bits per heavy atom. The molecule has 0 spiro atoms. The number of rotatable bonds is 2. The summed E-state index contributed by atoms with van der Waals surface area (Å²) in [5.74, 6) is -0.556. The summed E-state index contributed by atoms with van der Waals surface area (Å²) in [6.07, 6.45) is -0.982. The molecular formula is C11H10Cl2N2O3. The van der Waals surface area contributed by atoms with Crippen LogP contribution in [0.2, 0.25) is 10.0 Å². The summed E-state index contributed by atoms with van der Waals surface area (Å²) in [5.41, 5.74) is 0.204. The van der Waals surface area contributed by atoms with Gasteiger partial charge in [-0.15, -0.1) is 0 Å². The summed E-state index contributed by atoms with van der Waals surface area (Å²) in [4.78, 5) is 24.6. The standard InChI is InChI=1S/C11H10Cl2N2O3/c1-5(16)9-10(17)15(11(18)14-9)8-4-6(12)2-3-7(8)13/h2-5,9,16H,1H3,(H,14,18). The van der Waals surface area contributed by atoms with E-state index in [4.69, 9.17) is 23.2 Å². The van der Waals surface area contributed by atoms with E-state index in [1.807, 2.05) is 0 Å². The Balaban J connectivity index is 2.42. The lowest BCUT2D eigenvalue weighted by atomic mass is 10.2. The van der Waals surface area contributed by atoms with Gasteiger partial charge in [0, 0.05) is 5.02 Å². The van der Waals surface area contributed by atoms with Crippen LogP contribution in [0, 0.1) is 0 Å². The quantitative estimate of drug-likeness (QED) is 0.816. The van der Waals surface area contributed by atoms with Gasteiger partial charge in [-0.3, -0.25) is 4.79 Å². The van der Waals surface area contributed by atoms with Crippen molar-refractivity contribution in [3.63, 3.8) is 0 Å². The molecule has 2 N–H and O–H groups in total. The minimum Gasteiger partial charge on any atom is -0.391 e. The van der Waals surface area contributed by atoms with Crippen molar-refractivity contribution in [2.75, 3.05) is 4.90 Å². The van der Waals surface area contributed by atoms with Crippen molar-refractivity contribution in [3.05, 3.63) is 28.2 Å². The van der Waals surface area contributed by atoms with E-state index in [2.05, 4.69) is 5.32 Å². The number of hydrogen-bond acceptors (Lipinski definition) is 3. The second-order valence-electron chi connectivity index (χ2n) is 3.94. The van der Waals surface area contributed by atoms with Crippen molar-refractivity contribution in [1.82, 2.24) is 5.32 Å². The normalized spacial score (nSPS) is 21.1. The fourth-order valence-electron chi connectivity index (χ4n) is 1.71. The van der Waals surface area contributed by atoms with Crippen LogP contribution in [0.1, 0.15) is 6.92 Å². The second kappa shape index (κ2) is 4.76. The molecule has 1 aromatic carbocycles. The number of carbonyl (C=O) groups is 2. The van der Waals surface area contributed by atoms with Gasteiger partial charge in [0.15, 0.2) is 0 Å². The summed E-state index contributed by atoms with van der Waals surface area (Å²) < 4.78 is 0. The number of anilines is 1. The Kier molecular flexibility index (Phi) is 3.47. The summed E-state index contributed by atoms with van der Waals surface area (Å²) in [6, 6.07) is 2.88. The number of amides is 3. The fraction of sp³-hybridized carbons (Fsp3) is 0.273. The highest BCUT2D eigenvalue weighted by Crippen LogP contribution is 2.31. The minimum atomic E-state index is -0.982. The molecule has 2 unspecified atom stereocenters. The predicted octanol–water partition coefficient (Wildman–Crippen LogP) is 1.80. The van der Waals surface area contributed by atoms with Crippen LogP contribution >= 0.6 is 23.2 Å². The Hall–Kier alpha value is -1.30. The van der Waals surface area contributed by atoms with Crippen molar-refractivity contribution >= 4 is 40.8 Å². The number of urea groups is 1. The van der Waals surface area contributed by atoms with Gasteiger partial charge in [-0.25, -0.2) is 9.69 Å². The zero-order chi connectivity index (χ0) is 13.4. The summed E-state index contributed by atoms with van der Waals surface area (Å²) in [5, 5.41) is 12.4. The van der Waals surface area contributed by atoms with E-state index >= 15 is 0 Å². The molecule has 0 aliphatic carbocycles. The van der Waals surface area contributed by atoms with Crippen LogP contribution in [0.4, 0.5) is 10.5 Å². The van der Waals surface area contributed by atoms with Gasteiger partial charge in [0.05, 0.1) is 16.8 Å². The van der Waals surface area contributed by atoms with Crippen molar-refractivity contribution < 1.29 is 14.7 Å². The van der Waals surface area contributed by atoms with Crippen LogP contribution in [0.3, 0.4) is 0 Å². The Morgan fingerprint density at radius 2 is 2.06 bits per heavy atom. The van der Waals surface area contributed by atoms with Crippen LogP contribution in [0.5, 0.6) is 0 Å². The highest BCUT2D eigenvalue weighted by atomic mass is 35.5. The first kappa shape index (κ1) is 13.1. The van der Waals surface area contributed by atoms with E-state index < -0.39 is 24.1 Å². The lowest BCUT2D eigenvalue weighted by Crippen LogP contribution is -2.39. The summed E-state index contributed by atoms with van der Waals surface area (Å²) in [7, 11) is 0. The zero-order valence-corrected chi connectivity index (χ0v) is 10.9. The molecule has 1 aliphatic heterocycles. The first-order valence-electron chi connectivity index (χ1n) is 5.19. The first-order valence-corrected chi connectivity index (χ1v) is 5.95. The van der Waals surface area contributed by atoms with Gasteiger partial charge in [0.25, 0.3) is 5.91 Å². The van der Waals surface area contributed by atoms with Gasteiger partial charge < -0.3 is 10.4 Å². The molecule has 96 valence electrons.